The van der Waals surface area contributed by atoms with Crippen molar-refractivity contribution in [1.82, 2.24) is 10.2 Å². The molecular formula is C12H26N2O2. The first-order valence-corrected chi connectivity index (χ1v) is 6.27. The molecule has 1 N–H and O–H groups in total. The van der Waals surface area contributed by atoms with E-state index in [2.05, 4.69) is 10.2 Å². The second-order valence-electron chi connectivity index (χ2n) is 4.47. The lowest BCUT2D eigenvalue weighted by molar-refractivity contribution is 0.111. The van der Waals surface area contributed by atoms with E-state index in [-0.39, 0.29) is 0 Å². The molecule has 0 aliphatic carbocycles. The van der Waals surface area contributed by atoms with Gasteiger partial charge in [0.25, 0.3) is 0 Å². The van der Waals surface area contributed by atoms with Crippen molar-refractivity contribution >= 4 is 0 Å². The van der Waals surface area contributed by atoms with E-state index in [1.807, 2.05) is 0 Å². The Hall–Kier alpha value is -0.160. The largest absolute Gasteiger partial charge is 0.383 e. The lowest BCUT2D eigenvalue weighted by Crippen LogP contribution is -2.32. The van der Waals surface area contributed by atoms with Gasteiger partial charge in [-0.25, -0.2) is 0 Å². The van der Waals surface area contributed by atoms with Gasteiger partial charge in [-0.3, -0.25) is 4.90 Å². The van der Waals surface area contributed by atoms with Crippen molar-refractivity contribution in [2.24, 2.45) is 5.92 Å². The van der Waals surface area contributed by atoms with Gasteiger partial charge in [0.2, 0.25) is 0 Å². The van der Waals surface area contributed by atoms with Gasteiger partial charge in [-0.1, -0.05) is 0 Å². The first-order valence-electron chi connectivity index (χ1n) is 6.27. The normalized spacial score (nSPS) is 20.8. The molecule has 4 nitrogen and oxygen atoms in total. The third-order valence-electron chi connectivity index (χ3n) is 3.24. The zero-order chi connectivity index (χ0) is 11.6. The highest BCUT2D eigenvalue weighted by Gasteiger charge is 2.15. The minimum absolute atomic E-state index is 0.812. The lowest BCUT2D eigenvalue weighted by Gasteiger charge is -2.22. The molecule has 1 fully saturated rings. The van der Waals surface area contributed by atoms with Crippen LogP contribution in [0.5, 0.6) is 0 Å². The summed E-state index contributed by atoms with van der Waals surface area (Å²) in [6, 6.07) is 0. The topological polar surface area (TPSA) is 33.7 Å². The highest BCUT2D eigenvalue weighted by molar-refractivity contribution is 4.72. The molecule has 0 saturated carbocycles. The average Bonchev–Trinajstić information content (AvgIpc) is 2.81. The molecule has 1 aliphatic rings. The molecule has 16 heavy (non-hydrogen) atoms. The molecule has 0 aromatic rings. The predicted octanol–water partition coefficient (Wildman–Crippen LogP) is 0.581. The smallest absolute Gasteiger partial charge is 0.0589 e. The summed E-state index contributed by atoms with van der Waals surface area (Å²) in [6.07, 6.45) is 2.63. The Morgan fingerprint density at radius 2 is 1.81 bits per heavy atom. The van der Waals surface area contributed by atoms with Gasteiger partial charge in [-0.2, -0.15) is 0 Å². The molecule has 1 rings (SSSR count). The van der Waals surface area contributed by atoms with E-state index in [9.17, 15) is 0 Å². The summed E-state index contributed by atoms with van der Waals surface area (Å²) in [7, 11) is 3.52. The Morgan fingerprint density at radius 1 is 1.12 bits per heavy atom. The number of hydrogen-bond donors (Lipinski definition) is 1. The summed E-state index contributed by atoms with van der Waals surface area (Å²) in [5, 5.41) is 3.41. The van der Waals surface area contributed by atoms with Gasteiger partial charge in [0.15, 0.2) is 0 Å². The molecule has 0 radical (unpaired) electrons. The Bertz CT molecular complexity index is 153. The lowest BCUT2D eigenvalue weighted by atomic mass is 10.0. The van der Waals surface area contributed by atoms with Crippen LogP contribution in [0, 0.1) is 5.92 Å². The van der Waals surface area contributed by atoms with E-state index < -0.39 is 0 Å². The van der Waals surface area contributed by atoms with Crippen molar-refractivity contribution in [3.8, 4) is 0 Å². The van der Waals surface area contributed by atoms with Gasteiger partial charge >= 0.3 is 0 Å². The molecule has 1 saturated heterocycles. The predicted molar refractivity (Wildman–Crippen MR) is 65.8 cm³/mol. The van der Waals surface area contributed by atoms with Crippen LogP contribution in [0.25, 0.3) is 0 Å². The van der Waals surface area contributed by atoms with Crippen LogP contribution in [-0.4, -0.2) is 65.1 Å². The van der Waals surface area contributed by atoms with Crippen LogP contribution >= 0.6 is 0 Å². The van der Waals surface area contributed by atoms with E-state index in [0.29, 0.717) is 0 Å². The van der Waals surface area contributed by atoms with Gasteiger partial charge in [0, 0.05) is 27.3 Å². The number of hydrogen-bond acceptors (Lipinski definition) is 4. The zero-order valence-corrected chi connectivity index (χ0v) is 10.7. The Kier molecular flexibility index (Phi) is 7.76. The van der Waals surface area contributed by atoms with Crippen LogP contribution < -0.4 is 5.32 Å². The highest BCUT2D eigenvalue weighted by atomic mass is 16.5. The number of nitrogens with one attached hydrogen (secondary N) is 1. The Balaban J connectivity index is 2.13. The number of nitrogens with zero attached hydrogens (tertiary/aromatic N) is 1. The molecule has 0 spiro atoms. The van der Waals surface area contributed by atoms with Gasteiger partial charge < -0.3 is 14.8 Å². The maximum atomic E-state index is 5.13. The van der Waals surface area contributed by atoms with E-state index in [1.54, 1.807) is 14.2 Å². The van der Waals surface area contributed by atoms with E-state index >= 15 is 0 Å². The summed E-state index contributed by atoms with van der Waals surface area (Å²) < 4.78 is 10.3. The number of rotatable bonds is 9. The maximum absolute atomic E-state index is 5.13. The minimum Gasteiger partial charge on any atom is -0.383 e. The summed E-state index contributed by atoms with van der Waals surface area (Å²) in [4.78, 5) is 2.44. The van der Waals surface area contributed by atoms with Gasteiger partial charge in [0.1, 0.15) is 0 Å². The molecule has 1 atom stereocenters. The monoisotopic (exact) mass is 230 g/mol. The third-order valence-corrected chi connectivity index (χ3v) is 3.24. The van der Waals surface area contributed by atoms with Crippen LogP contribution in [0.2, 0.25) is 0 Å². The van der Waals surface area contributed by atoms with E-state index in [1.165, 1.54) is 32.5 Å². The summed E-state index contributed by atoms with van der Waals surface area (Å²) in [5.74, 6) is 0.868. The summed E-state index contributed by atoms with van der Waals surface area (Å²) >= 11 is 0. The quantitative estimate of drug-likeness (QED) is 0.628. The fraction of sp³-hybridized carbons (Fsp3) is 1.00. The second kappa shape index (κ2) is 8.93. The average molecular weight is 230 g/mol. The molecule has 4 heteroatoms. The van der Waals surface area contributed by atoms with Crippen LogP contribution in [0.4, 0.5) is 0 Å². The maximum Gasteiger partial charge on any atom is 0.0589 e. The van der Waals surface area contributed by atoms with Crippen LogP contribution in [0.15, 0.2) is 0 Å². The molecule has 1 aliphatic heterocycles. The van der Waals surface area contributed by atoms with Crippen LogP contribution in [0.1, 0.15) is 12.8 Å². The third kappa shape index (κ3) is 5.80. The first kappa shape index (κ1) is 13.9. The van der Waals surface area contributed by atoms with E-state index in [0.717, 1.165) is 32.2 Å². The standard InChI is InChI=1S/C12H26N2O2/c1-15-9-7-14(8-10-16-2)6-4-12-3-5-13-11-12/h12-13H,3-11H2,1-2H3. The van der Waals surface area contributed by atoms with Crippen LogP contribution in [0.3, 0.4) is 0 Å². The Labute approximate surface area is 99.3 Å². The van der Waals surface area contributed by atoms with Crippen molar-refractivity contribution in [3.63, 3.8) is 0 Å². The van der Waals surface area contributed by atoms with Crippen molar-refractivity contribution in [1.29, 1.82) is 0 Å². The number of ether oxygens (including phenoxy) is 2. The SMILES string of the molecule is COCCN(CCOC)CCC1CCNC1. The number of methoxy groups -OCH3 is 2. The van der Waals surface area contributed by atoms with E-state index in [4.69, 9.17) is 9.47 Å². The molecule has 96 valence electrons. The van der Waals surface area contributed by atoms with Gasteiger partial charge in [-0.15, -0.1) is 0 Å². The minimum atomic E-state index is 0.812. The molecule has 0 bridgehead atoms. The fourth-order valence-corrected chi connectivity index (χ4v) is 2.10. The highest BCUT2D eigenvalue weighted by Crippen LogP contribution is 2.12. The molecular weight excluding hydrogens is 204 g/mol. The molecule has 0 aromatic heterocycles. The Morgan fingerprint density at radius 3 is 2.31 bits per heavy atom. The van der Waals surface area contributed by atoms with Crippen molar-refractivity contribution in [2.45, 2.75) is 12.8 Å². The van der Waals surface area contributed by atoms with Crippen molar-refractivity contribution in [3.05, 3.63) is 0 Å². The zero-order valence-electron chi connectivity index (χ0n) is 10.7. The second-order valence-corrected chi connectivity index (χ2v) is 4.47. The molecule has 1 heterocycles. The van der Waals surface area contributed by atoms with Crippen LogP contribution in [-0.2, 0) is 9.47 Å². The van der Waals surface area contributed by atoms with Gasteiger partial charge in [-0.05, 0) is 38.4 Å². The molecule has 0 aromatic carbocycles. The van der Waals surface area contributed by atoms with Gasteiger partial charge in [0.05, 0.1) is 13.2 Å². The molecule has 0 amide bonds. The van der Waals surface area contributed by atoms with Crippen molar-refractivity contribution in [2.75, 3.05) is 60.2 Å². The summed E-state index contributed by atoms with van der Waals surface area (Å²) in [5.41, 5.74) is 0. The fourth-order valence-electron chi connectivity index (χ4n) is 2.10. The molecule has 1 unspecified atom stereocenters. The first-order chi connectivity index (χ1) is 7.86. The summed E-state index contributed by atoms with van der Waals surface area (Å²) in [6.45, 7) is 7.21. The van der Waals surface area contributed by atoms with Crippen molar-refractivity contribution < 1.29 is 9.47 Å².